The largest absolute Gasteiger partial charge is 0.573 e. The fourth-order valence-electron chi connectivity index (χ4n) is 2.26. The van der Waals surface area contributed by atoms with E-state index in [9.17, 15) is 13.2 Å². The number of para-hydroxylation sites is 1. The molecule has 0 radical (unpaired) electrons. The molecule has 0 heterocycles. The van der Waals surface area contributed by atoms with E-state index in [0.717, 1.165) is 16.8 Å². The average Bonchev–Trinajstić information content (AvgIpc) is 2.57. The number of guanidine groups is 1. The molecule has 2 aromatic carbocycles. The van der Waals surface area contributed by atoms with E-state index in [2.05, 4.69) is 15.0 Å². The second kappa shape index (κ2) is 11.0. The molecule has 2 aromatic rings. The van der Waals surface area contributed by atoms with Crippen molar-refractivity contribution < 1.29 is 22.6 Å². The van der Waals surface area contributed by atoms with E-state index in [0.29, 0.717) is 19.6 Å². The van der Waals surface area contributed by atoms with Crippen molar-refractivity contribution in [2.24, 2.45) is 10.7 Å². The van der Waals surface area contributed by atoms with E-state index in [1.165, 1.54) is 12.1 Å². The molecule has 5 nitrogen and oxygen atoms in total. The van der Waals surface area contributed by atoms with Gasteiger partial charge >= 0.3 is 6.36 Å². The zero-order valence-electron chi connectivity index (χ0n) is 14.6. The van der Waals surface area contributed by atoms with Crippen LogP contribution in [0.5, 0.6) is 5.75 Å². The van der Waals surface area contributed by atoms with Crippen LogP contribution in [0.4, 0.5) is 18.9 Å². The number of hydrogen-bond donors (Lipinski definition) is 2. The molecule has 0 bridgehead atoms. The van der Waals surface area contributed by atoms with Crippen LogP contribution < -0.4 is 15.8 Å². The standard InChI is InChI=1S/C18H20F3N3O2.HI/c1-25-12-14-4-2-3-5-16(14)24-17(22)23-11-10-13-6-8-15(9-7-13)26-18(19,20)21;/h2-9H,10-12H2,1H3,(H3,22,23,24);1H. The van der Waals surface area contributed by atoms with Gasteiger partial charge in [0.05, 0.1) is 6.61 Å². The highest BCUT2D eigenvalue weighted by Gasteiger charge is 2.30. The lowest BCUT2D eigenvalue weighted by Gasteiger charge is -2.11. The van der Waals surface area contributed by atoms with Crippen molar-refractivity contribution in [1.29, 1.82) is 0 Å². The summed E-state index contributed by atoms with van der Waals surface area (Å²) in [6.07, 6.45) is -4.15. The maximum atomic E-state index is 12.1. The van der Waals surface area contributed by atoms with Gasteiger partial charge in [-0.05, 0) is 30.2 Å². The topological polar surface area (TPSA) is 68.9 Å². The first kappa shape index (κ1) is 23.0. The first-order valence-electron chi connectivity index (χ1n) is 7.86. The summed E-state index contributed by atoms with van der Waals surface area (Å²) in [5.41, 5.74) is 8.47. The molecule has 0 atom stereocenters. The minimum absolute atomic E-state index is 0. The number of alkyl halides is 3. The number of methoxy groups -OCH3 is 1. The van der Waals surface area contributed by atoms with E-state index in [4.69, 9.17) is 10.5 Å². The summed E-state index contributed by atoms with van der Waals surface area (Å²) in [5, 5.41) is 3.02. The summed E-state index contributed by atoms with van der Waals surface area (Å²) < 4.78 is 45.3. The van der Waals surface area contributed by atoms with E-state index in [-0.39, 0.29) is 35.7 Å². The second-order valence-corrected chi connectivity index (χ2v) is 5.42. The molecule has 0 unspecified atom stereocenters. The quantitative estimate of drug-likeness (QED) is 0.341. The van der Waals surface area contributed by atoms with Gasteiger partial charge in [-0.3, -0.25) is 4.99 Å². The van der Waals surface area contributed by atoms with E-state index >= 15 is 0 Å². The molecule has 0 amide bonds. The Morgan fingerprint density at radius 1 is 1.11 bits per heavy atom. The molecule has 0 saturated carbocycles. The lowest BCUT2D eigenvalue weighted by molar-refractivity contribution is -0.274. The number of benzene rings is 2. The van der Waals surface area contributed by atoms with E-state index in [1.807, 2.05) is 24.3 Å². The number of nitrogens with two attached hydrogens (primary N) is 1. The SMILES string of the molecule is COCc1ccccc1NC(N)=NCCc1ccc(OC(F)(F)F)cc1.I. The molecule has 2 rings (SSSR count). The Kier molecular flexibility index (Phi) is 9.36. The lowest BCUT2D eigenvalue weighted by Crippen LogP contribution is -2.23. The van der Waals surface area contributed by atoms with Crippen LogP contribution in [-0.2, 0) is 17.8 Å². The fraction of sp³-hybridized carbons (Fsp3) is 0.278. The molecule has 0 aliphatic heterocycles. The van der Waals surface area contributed by atoms with Crippen LogP contribution in [0, 0.1) is 0 Å². The van der Waals surface area contributed by atoms with Gasteiger partial charge in [0.1, 0.15) is 5.75 Å². The van der Waals surface area contributed by atoms with Crippen LogP contribution in [0.3, 0.4) is 0 Å². The van der Waals surface area contributed by atoms with Gasteiger partial charge in [0.2, 0.25) is 0 Å². The van der Waals surface area contributed by atoms with E-state index < -0.39 is 6.36 Å². The summed E-state index contributed by atoms with van der Waals surface area (Å²) in [6, 6.07) is 13.2. The van der Waals surface area contributed by atoms with Crippen LogP contribution in [0.25, 0.3) is 0 Å². The minimum atomic E-state index is -4.69. The highest BCUT2D eigenvalue weighted by Crippen LogP contribution is 2.22. The number of halogens is 4. The van der Waals surface area contributed by atoms with Gasteiger partial charge < -0.3 is 20.5 Å². The molecule has 0 aliphatic rings. The Balaban J connectivity index is 0.00000364. The molecule has 148 valence electrons. The molecule has 0 saturated heterocycles. The smallest absolute Gasteiger partial charge is 0.406 e. The number of anilines is 1. The van der Waals surface area contributed by atoms with Crippen LogP contribution in [-0.4, -0.2) is 26.0 Å². The summed E-state index contributed by atoms with van der Waals surface area (Å²) in [5.74, 6) is 0.00580. The van der Waals surface area contributed by atoms with Gasteiger partial charge in [-0.1, -0.05) is 30.3 Å². The molecule has 3 N–H and O–H groups in total. The van der Waals surface area contributed by atoms with Crippen molar-refractivity contribution in [3.05, 3.63) is 59.7 Å². The predicted molar refractivity (Wildman–Crippen MR) is 110 cm³/mol. The summed E-state index contributed by atoms with van der Waals surface area (Å²) >= 11 is 0. The molecule has 0 aromatic heterocycles. The normalized spacial score (nSPS) is 11.6. The summed E-state index contributed by atoms with van der Waals surface area (Å²) in [7, 11) is 1.61. The predicted octanol–water partition coefficient (Wildman–Crippen LogP) is 4.32. The van der Waals surface area contributed by atoms with Crippen molar-refractivity contribution in [2.45, 2.75) is 19.4 Å². The number of nitrogens with zero attached hydrogens (tertiary/aromatic N) is 1. The van der Waals surface area contributed by atoms with Gasteiger partial charge in [-0.25, -0.2) is 0 Å². The molecular formula is C18H21F3IN3O2. The van der Waals surface area contributed by atoms with Crippen molar-refractivity contribution in [3.63, 3.8) is 0 Å². The molecule has 0 spiro atoms. The fourth-order valence-corrected chi connectivity index (χ4v) is 2.26. The maximum Gasteiger partial charge on any atom is 0.573 e. The Hall–Kier alpha value is -2.01. The Morgan fingerprint density at radius 2 is 1.78 bits per heavy atom. The van der Waals surface area contributed by atoms with Crippen molar-refractivity contribution in [2.75, 3.05) is 19.0 Å². The first-order valence-corrected chi connectivity index (χ1v) is 7.86. The minimum Gasteiger partial charge on any atom is -0.406 e. The molecule has 0 aliphatic carbocycles. The summed E-state index contributed by atoms with van der Waals surface area (Å²) in [4.78, 5) is 4.23. The molecule has 27 heavy (non-hydrogen) atoms. The van der Waals surface area contributed by atoms with Crippen molar-refractivity contribution in [1.82, 2.24) is 0 Å². The van der Waals surface area contributed by atoms with Crippen molar-refractivity contribution in [3.8, 4) is 5.75 Å². The third-order valence-corrected chi connectivity index (χ3v) is 3.42. The molecular weight excluding hydrogens is 474 g/mol. The number of aliphatic imine (C=N–C) groups is 1. The van der Waals surface area contributed by atoms with Crippen LogP contribution in [0.2, 0.25) is 0 Å². The van der Waals surface area contributed by atoms with Gasteiger partial charge in [-0.15, -0.1) is 37.1 Å². The van der Waals surface area contributed by atoms with Gasteiger partial charge in [0.25, 0.3) is 0 Å². The first-order chi connectivity index (χ1) is 12.4. The zero-order chi connectivity index (χ0) is 19.0. The second-order valence-electron chi connectivity index (χ2n) is 5.42. The maximum absolute atomic E-state index is 12.1. The highest BCUT2D eigenvalue weighted by molar-refractivity contribution is 14.0. The molecule has 0 fully saturated rings. The lowest BCUT2D eigenvalue weighted by atomic mass is 10.1. The number of ether oxygens (including phenoxy) is 2. The third kappa shape index (κ3) is 8.48. The van der Waals surface area contributed by atoms with Crippen LogP contribution in [0.1, 0.15) is 11.1 Å². The number of rotatable bonds is 7. The third-order valence-electron chi connectivity index (χ3n) is 3.42. The Morgan fingerprint density at radius 3 is 2.41 bits per heavy atom. The van der Waals surface area contributed by atoms with Crippen LogP contribution in [0.15, 0.2) is 53.5 Å². The Bertz CT molecular complexity index is 737. The van der Waals surface area contributed by atoms with Crippen molar-refractivity contribution >= 4 is 35.6 Å². The van der Waals surface area contributed by atoms with Crippen LogP contribution >= 0.6 is 24.0 Å². The number of nitrogens with one attached hydrogen (secondary N) is 1. The van der Waals surface area contributed by atoms with E-state index in [1.54, 1.807) is 19.2 Å². The average molecular weight is 495 g/mol. The summed E-state index contributed by atoms with van der Waals surface area (Å²) in [6.45, 7) is 0.841. The molecule has 9 heteroatoms. The Labute approximate surface area is 172 Å². The highest BCUT2D eigenvalue weighted by atomic mass is 127. The van der Waals surface area contributed by atoms with Gasteiger partial charge in [0, 0.05) is 24.9 Å². The van der Waals surface area contributed by atoms with Gasteiger partial charge in [0.15, 0.2) is 5.96 Å². The zero-order valence-corrected chi connectivity index (χ0v) is 17.0. The number of hydrogen-bond acceptors (Lipinski definition) is 3. The monoisotopic (exact) mass is 495 g/mol. The van der Waals surface area contributed by atoms with Gasteiger partial charge in [-0.2, -0.15) is 0 Å².